The number of benzene rings is 2. The van der Waals surface area contributed by atoms with Crippen LogP contribution in [0, 0.1) is 11.6 Å². The largest absolute Gasteiger partial charge is 0.454 e. The molecule has 0 amide bonds. The first kappa shape index (κ1) is 12.7. The van der Waals surface area contributed by atoms with Crippen LogP contribution in [-0.2, 0) is 0 Å². The van der Waals surface area contributed by atoms with E-state index < -0.39 is 11.6 Å². The summed E-state index contributed by atoms with van der Waals surface area (Å²) in [5, 5.41) is 0. The Kier molecular flexibility index (Phi) is 3.72. The van der Waals surface area contributed by atoms with Crippen LogP contribution in [0.5, 0.6) is 11.5 Å². The fourth-order valence-electron chi connectivity index (χ4n) is 1.34. The van der Waals surface area contributed by atoms with Crippen molar-refractivity contribution in [1.29, 1.82) is 0 Å². The minimum atomic E-state index is -0.678. The van der Waals surface area contributed by atoms with E-state index in [-0.39, 0.29) is 17.1 Å². The zero-order valence-electron chi connectivity index (χ0n) is 8.99. The third-order valence-electron chi connectivity index (χ3n) is 2.21. The number of carbonyl (C=O) groups is 1. The standard InChI is InChI=1S/C13H7BrF2O2/c14-10-3-2-9(6-11(10)15)18-13-4-1-8(7-17)5-12(13)16/h1-7H. The van der Waals surface area contributed by atoms with Crippen molar-refractivity contribution < 1.29 is 18.3 Å². The summed E-state index contributed by atoms with van der Waals surface area (Å²) in [5.41, 5.74) is 0.210. The molecule has 0 saturated heterocycles. The third-order valence-corrected chi connectivity index (χ3v) is 2.85. The maximum absolute atomic E-state index is 13.5. The highest BCUT2D eigenvalue weighted by Gasteiger charge is 2.07. The van der Waals surface area contributed by atoms with Gasteiger partial charge in [0.25, 0.3) is 0 Å². The van der Waals surface area contributed by atoms with Gasteiger partial charge in [0.05, 0.1) is 4.47 Å². The Balaban J connectivity index is 2.28. The first-order valence-corrected chi connectivity index (χ1v) is 5.77. The molecule has 0 saturated carbocycles. The van der Waals surface area contributed by atoms with Crippen LogP contribution >= 0.6 is 15.9 Å². The van der Waals surface area contributed by atoms with Crippen LogP contribution in [0.15, 0.2) is 40.9 Å². The molecule has 0 aliphatic heterocycles. The molecule has 0 aliphatic rings. The van der Waals surface area contributed by atoms with E-state index >= 15 is 0 Å². The average molecular weight is 313 g/mol. The predicted molar refractivity (Wildman–Crippen MR) is 66.0 cm³/mol. The summed E-state index contributed by atoms with van der Waals surface area (Å²) in [6, 6.07) is 7.89. The van der Waals surface area contributed by atoms with Crippen molar-refractivity contribution >= 4 is 22.2 Å². The van der Waals surface area contributed by atoms with E-state index in [2.05, 4.69) is 15.9 Å². The lowest BCUT2D eigenvalue weighted by Gasteiger charge is -2.07. The van der Waals surface area contributed by atoms with E-state index in [9.17, 15) is 13.6 Å². The Morgan fingerprint density at radius 2 is 1.83 bits per heavy atom. The van der Waals surface area contributed by atoms with Crippen LogP contribution in [-0.4, -0.2) is 6.29 Å². The predicted octanol–water partition coefficient (Wildman–Crippen LogP) is 4.33. The minimum Gasteiger partial charge on any atom is -0.454 e. The molecule has 0 radical (unpaired) electrons. The smallest absolute Gasteiger partial charge is 0.166 e. The fourth-order valence-corrected chi connectivity index (χ4v) is 1.59. The zero-order valence-corrected chi connectivity index (χ0v) is 10.6. The topological polar surface area (TPSA) is 26.3 Å². The molecule has 0 heterocycles. The molecule has 0 fully saturated rings. The van der Waals surface area contributed by atoms with Crippen LogP contribution < -0.4 is 4.74 Å². The lowest BCUT2D eigenvalue weighted by Crippen LogP contribution is -1.91. The molecule has 2 aromatic carbocycles. The van der Waals surface area contributed by atoms with Gasteiger partial charge in [0.15, 0.2) is 11.6 Å². The van der Waals surface area contributed by atoms with Gasteiger partial charge >= 0.3 is 0 Å². The van der Waals surface area contributed by atoms with Crippen molar-refractivity contribution in [1.82, 2.24) is 0 Å². The first-order valence-electron chi connectivity index (χ1n) is 4.98. The molecule has 18 heavy (non-hydrogen) atoms. The molecule has 0 N–H and O–H groups in total. The van der Waals surface area contributed by atoms with Crippen molar-refractivity contribution in [3.05, 3.63) is 58.1 Å². The SMILES string of the molecule is O=Cc1ccc(Oc2ccc(Br)c(F)c2)c(F)c1. The number of hydrogen-bond acceptors (Lipinski definition) is 2. The molecule has 2 nitrogen and oxygen atoms in total. The van der Waals surface area contributed by atoms with E-state index in [1.54, 1.807) is 0 Å². The summed E-state index contributed by atoms with van der Waals surface area (Å²) in [4.78, 5) is 10.4. The molecule has 0 unspecified atom stereocenters. The fraction of sp³-hybridized carbons (Fsp3) is 0. The maximum atomic E-state index is 13.5. The second kappa shape index (κ2) is 5.27. The van der Waals surface area contributed by atoms with Crippen molar-refractivity contribution in [3.63, 3.8) is 0 Å². The van der Waals surface area contributed by atoms with Crippen LogP contribution in [0.2, 0.25) is 0 Å². The summed E-state index contributed by atoms with van der Waals surface area (Å²) in [7, 11) is 0. The van der Waals surface area contributed by atoms with Gasteiger partial charge in [-0.05, 0) is 46.3 Å². The van der Waals surface area contributed by atoms with Gasteiger partial charge in [-0.25, -0.2) is 8.78 Å². The van der Waals surface area contributed by atoms with Gasteiger partial charge in [-0.3, -0.25) is 4.79 Å². The Labute approximate surface area is 110 Å². The van der Waals surface area contributed by atoms with Gasteiger partial charge in [-0.2, -0.15) is 0 Å². The van der Waals surface area contributed by atoms with Gasteiger partial charge in [0, 0.05) is 11.6 Å². The molecule has 0 bridgehead atoms. The van der Waals surface area contributed by atoms with Gasteiger partial charge in [-0.15, -0.1) is 0 Å². The second-order valence-electron chi connectivity index (χ2n) is 3.49. The number of rotatable bonds is 3. The number of halogens is 3. The average Bonchev–Trinajstić information content (AvgIpc) is 2.36. The van der Waals surface area contributed by atoms with E-state index in [0.717, 1.165) is 12.1 Å². The quantitative estimate of drug-likeness (QED) is 0.788. The summed E-state index contributed by atoms with van der Waals surface area (Å²) in [5.74, 6) is -1.07. The Hall–Kier alpha value is -1.75. The van der Waals surface area contributed by atoms with Crippen molar-refractivity contribution in [2.45, 2.75) is 0 Å². The highest BCUT2D eigenvalue weighted by Crippen LogP contribution is 2.27. The number of aldehydes is 1. The van der Waals surface area contributed by atoms with Crippen molar-refractivity contribution in [2.24, 2.45) is 0 Å². The third kappa shape index (κ3) is 2.73. The number of ether oxygens (including phenoxy) is 1. The van der Waals surface area contributed by atoms with E-state index in [1.807, 2.05) is 0 Å². The Morgan fingerprint density at radius 1 is 1.06 bits per heavy atom. The Morgan fingerprint density at radius 3 is 2.44 bits per heavy atom. The molecule has 2 aromatic rings. The summed E-state index contributed by atoms with van der Waals surface area (Å²) >= 11 is 3.00. The molecule has 2 rings (SSSR count). The molecular formula is C13H7BrF2O2. The number of hydrogen-bond donors (Lipinski definition) is 0. The first-order chi connectivity index (χ1) is 8.60. The van der Waals surface area contributed by atoms with Crippen LogP contribution in [0.25, 0.3) is 0 Å². The molecular weight excluding hydrogens is 306 g/mol. The molecule has 5 heteroatoms. The normalized spacial score (nSPS) is 10.2. The van der Waals surface area contributed by atoms with Gasteiger partial charge < -0.3 is 4.74 Å². The molecule has 0 aliphatic carbocycles. The van der Waals surface area contributed by atoms with Crippen LogP contribution in [0.3, 0.4) is 0 Å². The highest BCUT2D eigenvalue weighted by molar-refractivity contribution is 9.10. The van der Waals surface area contributed by atoms with Crippen molar-refractivity contribution in [3.8, 4) is 11.5 Å². The summed E-state index contributed by atoms with van der Waals surface area (Å²) in [6.45, 7) is 0. The Bertz CT molecular complexity index is 600. The van der Waals surface area contributed by atoms with E-state index in [1.165, 1.54) is 24.3 Å². The molecule has 0 spiro atoms. The second-order valence-corrected chi connectivity index (χ2v) is 4.34. The summed E-state index contributed by atoms with van der Waals surface area (Å²) < 4.78 is 32.2. The maximum Gasteiger partial charge on any atom is 0.166 e. The number of carbonyl (C=O) groups excluding carboxylic acids is 1. The summed E-state index contributed by atoms with van der Waals surface area (Å²) in [6.07, 6.45) is 0.534. The monoisotopic (exact) mass is 312 g/mol. The highest BCUT2D eigenvalue weighted by atomic mass is 79.9. The molecule has 0 atom stereocenters. The van der Waals surface area contributed by atoms with E-state index in [0.29, 0.717) is 10.8 Å². The van der Waals surface area contributed by atoms with Crippen LogP contribution in [0.4, 0.5) is 8.78 Å². The van der Waals surface area contributed by atoms with Gasteiger partial charge in [0.1, 0.15) is 17.9 Å². The minimum absolute atomic E-state index is 0.0673. The lowest BCUT2D eigenvalue weighted by molar-refractivity contribution is 0.112. The van der Waals surface area contributed by atoms with Gasteiger partial charge in [0.2, 0.25) is 0 Å². The van der Waals surface area contributed by atoms with Gasteiger partial charge in [-0.1, -0.05) is 0 Å². The van der Waals surface area contributed by atoms with Crippen LogP contribution in [0.1, 0.15) is 10.4 Å². The van der Waals surface area contributed by atoms with E-state index in [4.69, 9.17) is 4.74 Å². The zero-order chi connectivity index (χ0) is 13.1. The molecule has 92 valence electrons. The molecule has 0 aromatic heterocycles. The van der Waals surface area contributed by atoms with Crippen molar-refractivity contribution in [2.75, 3.05) is 0 Å². The lowest BCUT2D eigenvalue weighted by atomic mass is 10.2.